The minimum Gasteiger partial charge on any atom is -0.479 e. The van der Waals surface area contributed by atoms with Crippen molar-refractivity contribution in [1.82, 2.24) is 0 Å². The molecule has 6 heteroatoms. The second-order valence-electron chi connectivity index (χ2n) is 6.53. The van der Waals surface area contributed by atoms with Crippen LogP contribution < -0.4 is 10.1 Å². The topological polar surface area (TPSA) is 64.6 Å². The molecule has 0 fully saturated rings. The maximum absolute atomic E-state index is 13.5. The minimum atomic E-state index is -1.01. The van der Waals surface area contributed by atoms with Gasteiger partial charge in [-0.1, -0.05) is 44.2 Å². The molecular formula is C21H24FNO4. The Morgan fingerprint density at radius 2 is 1.78 bits per heavy atom. The van der Waals surface area contributed by atoms with Crippen LogP contribution in [0.5, 0.6) is 5.75 Å². The third kappa shape index (κ3) is 5.54. The Hall–Kier alpha value is -2.89. The quantitative estimate of drug-likeness (QED) is 0.739. The summed E-state index contributed by atoms with van der Waals surface area (Å²) in [4.78, 5) is 24.3. The standard InChI is InChI=1S/C21H24FNO4/c1-13(2)16-9-7-8-14(3)20(16)23-21(25)15(4)27-19(24)12-26-18-11-6-5-10-17(18)22/h5-11,13,15H,12H2,1-4H3,(H,23,25)/t15-/m1/s1. The molecule has 1 atom stereocenters. The van der Waals surface area contributed by atoms with Crippen LogP contribution in [-0.4, -0.2) is 24.6 Å². The summed E-state index contributed by atoms with van der Waals surface area (Å²) in [6.07, 6.45) is -1.01. The fourth-order valence-electron chi connectivity index (χ4n) is 2.55. The van der Waals surface area contributed by atoms with Gasteiger partial charge in [-0.2, -0.15) is 0 Å². The Bertz CT molecular complexity index is 820. The van der Waals surface area contributed by atoms with Crippen LogP contribution in [0.4, 0.5) is 10.1 Å². The number of hydrogen-bond acceptors (Lipinski definition) is 4. The van der Waals surface area contributed by atoms with Crippen molar-refractivity contribution in [3.8, 4) is 5.75 Å². The van der Waals surface area contributed by atoms with E-state index in [1.165, 1.54) is 25.1 Å². The molecule has 0 aliphatic carbocycles. The average molecular weight is 373 g/mol. The van der Waals surface area contributed by atoms with Gasteiger partial charge in [-0.05, 0) is 43.0 Å². The van der Waals surface area contributed by atoms with E-state index >= 15 is 0 Å². The van der Waals surface area contributed by atoms with Gasteiger partial charge < -0.3 is 14.8 Å². The largest absolute Gasteiger partial charge is 0.479 e. The van der Waals surface area contributed by atoms with E-state index in [-0.39, 0.29) is 11.7 Å². The summed E-state index contributed by atoms with van der Waals surface area (Å²) < 4.78 is 23.6. The molecule has 0 saturated heterocycles. The highest BCUT2D eigenvalue weighted by atomic mass is 19.1. The number of halogens is 1. The van der Waals surface area contributed by atoms with Gasteiger partial charge in [-0.3, -0.25) is 4.79 Å². The Morgan fingerprint density at radius 3 is 2.44 bits per heavy atom. The van der Waals surface area contributed by atoms with Gasteiger partial charge in [0.25, 0.3) is 5.91 Å². The maximum atomic E-state index is 13.5. The molecule has 0 aromatic heterocycles. The molecule has 0 aliphatic heterocycles. The number of carbonyl (C=O) groups excluding carboxylic acids is 2. The van der Waals surface area contributed by atoms with Crippen molar-refractivity contribution in [3.63, 3.8) is 0 Å². The van der Waals surface area contributed by atoms with Crippen LogP contribution >= 0.6 is 0 Å². The highest BCUT2D eigenvalue weighted by Gasteiger charge is 2.21. The molecular weight excluding hydrogens is 349 g/mol. The summed E-state index contributed by atoms with van der Waals surface area (Å²) in [5, 5.41) is 2.83. The van der Waals surface area contributed by atoms with E-state index in [9.17, 15) is 14.0 Å². The van der Waals surface area contributed by atoms with E-state index in [4.69, 9.17) is 9.47 Å². The van der Waals surface area contributed by atoms with Crippen molar-refractivity contribution in [1.29, 1.82) is 0 Å². The number of nitrogens with one attached hydrogen (secondary N) is 1. The second-order valence-corrected chi connectivity index (χ2v) is 6.53. The van der Waals surface area contributed by atoms with Crippen molar-refractivity contribution < 1.29 is 23.5 Å². The van der Waals surface area contributed by atoms with Gasteiger partial charge in [0, 0.05) is 5.69 Å². The molecule has 2 aromatic carbocycles. The average Bonchev–Trinajstić information content (AvgIpc) is 2.62. The van der Waals surface area contributed by atoms with Crippen LogP contribution in [0.25, 0.3) is 0 Å². The molecule has 0 aliphatic rings. The number of carbonyl (C=O) groups is 2. The van der Waals surface area contributed by atoms with Crippen molar-refractivity contribution in [2.75, 3.05) is 11.9 Å². The highest BCUT2D eigenvalue weighted by molar-refractivity contribution is 5.96. The summed E-state index contributed by atoms with van der Waals surface area (Å²) in [5.41, 5.74) is 2.66. The molecule has 5 nitrogen and oxygen atoms in total. The number of aryl methyl sites for hydroxylation is 1. The Kier molecular flexibility index (Phi) is 6.93. The first-order valence-corrected chi connectivity index (χ1v) is 8.76. The molecule has 0 saturated carbocycles. The number of anilines is 1. The summed E-state index contributed by atoms with van der Waals surface area (Å²) >= 11 is 0. The van der Waals surface area contributed by atoms with Gasteiger partial charge in [0.05, 0.1) is 0 Å². The Balaban J connectivity index is 1.94. The molecule has 144 valence electrons. The van der Waals surface area contributed by atoms with Gasteiger partial charge in [0.15, 0.2) is 24.3 Å². The lowest BCUT2D eigenvalue weighted by Crippen LogP contribution is -2.32. The van der Waals surface area contributed by atoms with Crippen molar-refractivity contribution in [2.24, 2.45) is 0 Å². The zero-order valence-corrected chi connectivity index (χ0v) is 15.9. The number of esters is 1. The zero-order chi connectivity index (χ0) is 20.0. The number of rotatable bonds is 7. The monoisotopic (exact) mass is 373 g/mol. The Morgan fingerprint density at radius 1 is 1.07 bits per heavy atom. The molecule has 2 aromatic rings. The van der Waals surface area contributed by atoms with E-state index in [1.54, 1.807) is 6.07 Å². The highest BCUT2D eigenvalue weighted by Crippen LogP contribution is 2.27. The predicted molar refractivity (Wildman–Crippen MR) is 101 cm³/mol. The lowest BCUT2D eigenvalue weighted by atomic mass is 9.98. The first-order valence-electron chi connectivity index (χ1n) is 8.76. The fraction of sp³-hybridized carbons (Fsp3) is 0.333. The summed E-state index contributed by atoms with van der Waals surface area (Å²) in [5.74, 6) is -1.59. The second kappa shape index (κ2) is 9.16. The van der Waals surface area contributed by atoms with Crippen LogP contribution in [0.15, 0.2) is 42.5 Å². The molecule has 0 radical (unpaired) electrons. The van der Waals surface area contributed by atoms with Crippen molar-refractivity contribution in [2.45, 2.75) is 39.7 Å². The van der Waals surface area contributed by atoms with Crippen LogP contribution in [0.1, 0.15) is 37.8 Å². The first kappa shape index (κ1) is 20.4. The van der Waals surface area contributed by atoms with E-state index < -0.39 is 30.4 Å². The number of para-hydroxylation sites is 2. The summed E-state index contributed by atoms with van der Waals surface area (Å²) in [6.45, 7) is 6.96. The first-order chi connectivity index (χ1) is 12.8. The molecule has 1 N–H and O–H groups in total. The number of ether oxygens (including phenoxy) is 2. The van der Waals surface area contributed by atoms with Crippen LogP contribution in [0, 0.1) is 12.7 Å². The lowest BCUT2D eigenvalue weighted by Gasteiger charge is -2.19. The van der Waals surface area contributed by atoms with Gasteiger partial charge in [0.2, 0.25) is 0 Å². The molecule has 0 bridgehead atoms. The summed E-state index contributed by atoms with van der Waals surface area (Å²) in [6, 6.07) is 11.5. The number of amides is 1. The molecule has 0 unspecified atom stereocenters. The van der Waals surface area contributed by atoms with E-state index in [0.717, 1.165) is 16.8 Å². The number of hydrogen-bond donors (Lipinski definition) is 1. The van der Waals surface area contributed by atoms with Crippen molar-refractivity contribution in [3.05, 3.63) is 59.4 Å². The smallest absolute Gasteiger partial charge is 0.344 e. The van der Waals surface area contributed by atoms with Crippen LogP contribution in [0.2, 0.25) is 0 Å². The van der Waals surface area contributed by atoms with Crippen molar-refractivity contribution >= 4 is 17.6 Å². The van der Waals surface area contributed by atoms with E-state index in [1.807, 2.05) is 39.0 Å². The molecule has 0 heterocycles. The molecule has 2 rings (SSSR count). The minimum absolute atomic E-state index is 0.0481. The number of benzene rings is 2. The predicted octanol–water partition coefficient (Wildman–Crippen LogP) is 4.21. The molecule has 0 spiro atoms. The van der Waals surface area contributed by atoms with E-state index in [0.29, 0.717) is 0 Å². The van der Waals surface area contributed by atoms with Gasteiger partial charge in [0.1, 0.15) is 0 Å². The summed E-state index contributed by atoms with van der Waals surface area (Å²) in [7, 11) is 0. The SMILES string of the molecule is Cc1cccc(C(C)C)c1NC(=O)[C@@H](C)OC(=O)COc1ccccc1F. The van der Waals surface area contributed by atoms with Crippen LogP contribution in [0.3, 0.4) is 0 Å². The maximum Gasteiger partial charge on any atom is 0.344 e. The van der Waals surface area contributed by atoms with Gasteiger partial charge in [-0.25, -0.2) is 9.18 Å². The molecule has 1 amide bonds. The zero-order valence-electron chi connectivity index (χ0n) is 15.9. The van der Waals surface area contributed by atoms with Crippen LogP contribution in [-0.2, 0) is 14.3 Å². The molecule has 27 heavy (non-hydrogen) atoms. The lowest BCUT2D eigenvalue weighted by molar-refractivity contribution is -0.155. The van der Waals surface area contributed by atoms with E-state index in [2.05, 4.69) is 5.32 Å². The van der Waals surface area contributed by atoms with Gasteiger partial charge >= 0.3 is 5.97 Å². The third-order valence-corrected chi connectivity index (χ3v) is 4.03. The fourth-order valence-corrected chi connectivity index (χ4v) is 2.55. The van der Waals surface area contributed by atoms with Gasteiger partial charge in [-0.15, -0.1) is 0 Å². The Labute approximate surface area is 158 Å². The normalized spacial score (nSPS) is 11.8. The third-order valence-electron chi connectivity index (χ3n) is 4.03.